The van der Waals surface area contributed by atoms with Gasteiger partial charge in [-0.2, -0.15) is 5.10 Å². The summed E-state index contributed by atoms with van der Waals surface area (Å²) in [6.45, 7) is 7.41. The Kier molecular flexibility index (Phi) is 4.64. The van der Waals surface area contributed by atoms with Crippen LogP contribution in [0.3, 0.4) is 0 Å². The molecule has 0 N–H and O–H groups in total. The number of piperidine rings is 1. The first kappa shape index (κ1) is 16.6. The maximum atomic E-state index is 13.0. The molecule has 24 heavy (non-hydrogen) atoms. The molecule has 1 amide bonds. The fourth-order valence-corrected chi connectivity index (χ4v) is 3.35. The van der Waals surface area contributed by atoms with Crippen LogP contribution in [0.2, 0.25) is 0 Å². The molecule has 0 radical (unpaired) electrons. The van der Waals surface area contributed by atoms with Crippen LogP contribution in [0.15, 0.2) is 31.0 Å². The molecule has 1 unspecified atom stereocenters. The molecule has 6 nitrogen and oxygen atoms in total. The number of aryl methyl sites for hydroxylation is 1. The topological polar surface area (TPSA) is 63.9 Å². The first-order chi connectivity index (χ1) is 11.5. The lowest BCUT2D eigenvalue weighted by Crippen LogP contribution is -2.50. The van der Waals surface area contributed by atoms with E-state index in [4.69, 9.17) is 0 Å². The molecule has 2 aromatic heterocycles. The van der Waals surface area contributed by atoms with Crippen molar-refractivity contribution in [1.82, 2.24) is 24.6 Å². The Labute approximate surface area is 142 Å². The van der Waals surface area contributed by atoms with Crippen LogP contribution in [0.4, 0.5) is 0 Å². The van der Waals surface area contributed by atoms with E-state index in [1.807, 2.05) is 31.9 Å². The molecule has 6 heteroatoms. The molecule has 3 rings (SSSR count). The van der Waals surface area contributed by atoms with Gasteiger partial charge in [-0.05, 0) is 57.6 Å². The Balaban J connectivity index is 1.66. The van der Waals surface area contributed by atoms with Crippen LogP contribution in [0.5, 0.6) is 0 Å². The lowest BCUT2D eigenvalue weighted by molar-refractivity contribution is -0.141. The van der Waals surface area contributed by atoms with Gasteiger partial charge in [0, 0.05) is 25.0 Å². The number of aromatic nitrogens is 4. The maximum Gasteiger partial charge on any atom is 0.250 e. The van der Waals surface area contributed by atoms with E-state index in [1.54, 1.807) is 11.0 Å². The van der Waals surface area contributed by atoms with E-state index in [0.29, 0.717) is 5.92 Å². The average molecular weight is 327 g/mol. The molecule has 0 aromatic carbocycles. The van der Waals surface area contributed by atoms with Crippen molar-refractivity contribution in [3.63, 3.8) is 0 Å². The van der Waals surface area contributed by atoms with Crippen molar-refractivity contribution in [3.8, 4) is 0 Å². The van der Waals surface area contributed by atoms with Gasteiger partial charge in [-0.15, -0.1) is 0 Å². The zero-order valence-corrected chi connectivity index (χ0v) is 14.6. The van der Waals surface area contributed by atoms with Gasteiger partial charge in [-0.3, -0.25) is 9.78 Å². The van der Waals surface area contributed by atoms with Crippen molar-refractivity contribution >= 4 is 5.91 Å². The fourth-order valence-electron chi connectivity index (χ4n) is 3.35. The second kappa shape index (κ2) is 6.71. The van der Waals surface area contributed by atoms with Gasteiger partial charge >= 0.3 is 0 Å². The van der Waals surface area contributed by atoms with Crippen molar-refractivity contribution in [2.45, 2.75) is 45.6 Å². The molecule has 0 spiro atoms. The average Bonchev–Trinajstić information content (AvgIpc) is 3.12. The largest absolute Gasteiger partial charge is 0.340 e. The number of nitrogens with zero attached hydrogens (tertiary/aromatic N) is 5. The molecule has 0 aliphatic carbocycles. The third-order valence-electron chi connectivity index (χ3n) is 4.82. The lowest BCUT2D eigenvalue weighted by atomic mass is 9.90. The van der Waals surface area contributed by atoms with E-state index in [-0.39, 0.29) is 5.91 Å². The maximum absolute atomic E-state index is 13.0. The molecule has 0 bridgehead atoms. The van der Waals surface area contributed by atoms with Crippen molar-refractivity contribution in [1.29, 1.82) is 0 Å². The Hall–Kier alpha value is -2.24. The van der Waals surface area contributed by atoms with E-state index in [1.165, 1.54) is 11.9 Å². The number of rotatable bonds is 4. The van der Waals surface area contributed by atoms with Gasteiger partial charge in [0.25, 0.3) is 0 Å². The Bertz CT molecular complexity index is 678. The molecule has 128 valence electrons. The molecule has 0 saturated carbocycles. The minimum Gasteiger partial charge on any atom is -0.340 e. The highest BCUT2D eigenvalue weighted by Gasteiger charge is 2.36. The second-order valence-corrected chi connectivity index (χ2v) is 7.17. The van der Waals surface area contributed by atoms with E-state index in [9.17, 15) is 4.79 Å². The summed E-state index contributed by atoms with van der Waals surface area (Å²) in [5.74, 6) is 0.596. The zero-order chi connectivity index (χ0) is 17.2. The SMILES string of the molecule is Cc1ccc(CC2CCCN(C(=O)C(C)(C)n3cncn3)C2)cn1. The Morgan fingerprint density at radius 1 is 1.38 bits per heavy atom. The van der Waals surface area contributed by atoms with Crippen LogP contribution in [-0.2, 0) is 16.8 Å². The summed E-state index contributed by atoms with van der Waals surface area (Å²) in [7, 11) is 0. The van der Waals surface area contributed by atoms with E-state index in [2.05, 4.69) is 27.2 Å². The predicted molar refractivity (Wildman–Crippen MR) is 91.3 cm³/mol. The van der Waals surface area contributed by atoms with Gasteiger partial charge in [0.2, 0.25) is 5.91 Å². The fraction of sp³-hybridized carbons (Fsp3) is 0.556. The van der Waals surface area contributed by atoms with Gasteiger partial charge in [0.15, 0.2) is 0 Å². The smallest absolute Gasteiger partial charge is 0.250 e. The van der Waals surface area contributed by atoms with Crippen LogP contribution < -0.4 is 0 Å². The van der Waals surface area contributed by atoms with Crippen LogP contribution >= 0.6 is 0 Å². The quantitative estimate of drug-likeness (QED) is 0.863. The van der Waals surface area contributed by atoms with Crippen LogP contribution in [-0.4, -0.2) is 43.6 Å². The molecular weight excluding hydrogens is 302 g/mol. The predicted octanol–water partition coefficient (Wildman–Crippen LogP) is 2.20. The molecule has 2 aromatic rings. The Morgan fingerprint density at radius 2 is 2.21 bits per heavy atom. The van der Waals surface area contributed by atoms with Gasteiger partial charge < -0.3 is 4.90 Å². The summed E-state index contributed by atoms with van der Waals surface area (Å²) in [5.41, 5.74) is 1.58. The normalized spacial score (nSPS) is 18.6. The number of likely N-dealkylation sites (tertiary alicyclic amines) is 1. The monoisotopic (exact) mass is 327 g/mol. The second-order valence-electron chi connectivity index (χ2n) is 7.17. The van der Waals surface area contributed by atoms with Crippen LogP contribution in [0.25, 0.3) is 0 Å². The summed E-state index contributed by atoms with van der Waals surface area (Å²) in [5, 5.41) is 4.15. The molecule has 3 heterocycles. The van der Waals surface area contributed by atoms with E-state index < -0.39 is 5.54 Å². The van der Waals surface area contributed by atoms with Gasteiger partial charge in [0.05, 0.1) is 0 Å². The van der Waals surface area contributed by atoms with Gasteiger partial charge in [-0.1, -0.05) is 6.07 Å². The van der Waals surface area contributed by atoms with E-state index >= 15 is 0 Å². The number of hydrogen-bond acceptors (Lipinski definition) is 4. The van der Waals surface area contributed by atoms with Crippen molar-refractivity contribution in [3.05, 3.63) is 42.2 Å². The summed E-state index contributed by atoms with van der Waals surface area (Å²) in [4.78, 5) is 23.3. The van der Waals surface area contributed by atoms with Crippen molar-refractivity contribution < 1.29 is 4.79 Å². The summed E-state index contributed by atoms with van der Waals surface area (Å²) >= 11 is 0. The Morgan fingerprint density at radius 3 is 2.88 bits per heavy atom. The highest BCUT2D eigenvalue weighted by atomic mass is 16.2. The first-order valence-corrected chi connectivity index (χ1v) is 8.53. The van der Waals surface area contributed by atoms with E-state index in [0.717, 1.165) is 38.0 Å². The summed E-state index contributed by atoms with van der Waals surface area (Å²) < 4.78 is 1.64. The van der Waals surface area contributed by atoms with Crippen LogP contribution in [0, 0.1) is 12.8 Å². The molecular formula is C18H25N5O. The third-order valence-corrected chi connectivity index (χ3v) is 4.82. The molecule has 1 aliphatic rings. The lowest BCUT2D eigenvalue weighted by Gasteiger charge is -2.37. The zero-order valence-electron chi connectivity index (χ0n) is 14.6. The summed E-state index contributed by atoms with van der Waals surface area (Å²) in [6.07, 6.45) is 8.20. The molecule has 1 saturated heterocycles. The number of carbonyl (C=O) groups excluding carboxylic acids is 1. The first-order valence-electron chi connectivity index (χ1n) is 8.53. The van der Waals surface area contributed by atoms with Crippen molar-refractivity contribution in [2.24, 2.45) is 5.92 Å². The van der Waals surface area contributed by atoms with Crippen molar-refractivity contribution in [2.75, 3.05) is 13.1 Å². The minimum absolute atomic E-state index is 0.111. The van der Waals surface area contributed by atoms with Gasteiger partial charge in [0.1, 0.15) is 18.2 Å². The number of pyridine rings is 1. The molecule has 1 atom stereocenters. The number of carbonyl (C=O) groups is 1. The van der Waals surface area contributed by atoms with Gasteiger partial charge in [-0.25, -0.2) is 9.67 Å². The molecule has 1 aliphatic heterocycles. The third kappa shape index (κ3) is 3.47. The standard InChI is InChI=1S/C18H25N5O/c1-14-6-7-15(10-20-14)9-16-5-4-8-22(11-16)17(24)18(2,3)23-13-19-12-21-23/h6-7,10,12-13,16H,4-5,8-9,11H2,1-3H3. The van der Waals surface area contributed by atoms with Crippen LogP contribution in [0.1, 0.15) is 37.9 Å². The number of hydrogen-bond donors (Lipinski definition) is 0. The minimum atomic E-state index is -0.705. The summed E-state index contributed by atoms with van der Waals surface area (Å²) in [6, 6.07) is 4.19. The highest BCUT2D eigenvalue weighted by molar-refractivity contribution is 5.83. The molecule has 1 fully saturated rings. The number of amides is 1. The highest BCUT2D eigenvalue weighted by Crippen LogP contribution is 2.25.